The van der Waals surface area contributed by atoms with Gasteiger partial charge in [-0.1, -0.05) is 29.8 Å². The molecule has 0 amide bonds. The maximum atomic E-state index is 5.70. The number of rotatable bonds is 2. The molecule has 1 aromatic heterocycles. The highest BCUT2D eigenvalue weighted by molar-refractivity contribution is 6.70. The second-order valence-corrected chi connectivity index (χ2v) is 2.74. The van der Waals surface area contributed by atoms with Gasteiger partial charge in [-0.2, -0.15) is 0 Å². The zero-order chi connectivity index (χ0) is 9.14. The van der Waals surface area contributed by atoms with E-state index in [4.69, 9.17) is 28.9 Å². The van der Waals surface area contributed by atoms with Gasteiger partial charge >= 0.3 is 0 Å². The van der Waals surface area contributed by atoms with Gasteiger partial charge in [0.15, 0.2) is 11.0 Å². The van der Waals surface area contributed by atoms with Crippen molar-refractivity contribution in [1.29, 1.82) is 0 Å². The highest BCUT2D eigenvalue weighted by atomic mass is 35.5. The fraction of sp³-hybridized carbons (Fsp3) is 0. The molecule has 3 N–H and O–H groups in total. The molecule has 0 aliphatic carbocycles. The van der Waals surface area contributed by atoms with Crippen LogP contribution in [0.15, 0.2) is 23.1 Å². The summed E-state index contributed by atoms with van der Waals surface area (Å²) in [6.07, 6.45) is 1.42. The van der Waals surface area contributed by atoms with Crippen LogP contribution < -0.4 is 5.73 Å². The number of aliphatic imine (C=N–C) groups is 1. The van der Waals surface area contributed by atoms with Crippen LogP contribution in [0.3, 0.4) is 0 Å². The lowest BCUT2D eigenvalue weighted by Gasteiger charge is -1.93. The number of nitrogen functional groups attached to an aromatic ring is 1. The predicted octanol–water partition coefficient (Wildman–Crippen LogP) is 1.69. The number of aromatic nitrogens is 2. The van der Waals surface area contributed by atoms with Crippen LogP contribution in [0.25, 0.3) is 0 Å². The van der Waals surface area contributed by atoms with Gasteiger partial charge in [0, 0.05) is 0 Å². The molecule has 12 heavy (non-hydrogen) atoms. The number of imidazole rings is 1. The Hall–Kier alpha value is -1.00. The second kappa shape index (κ2) is 3.60. The first-order valence-electron chi connectivity index (χ1n) is 2.99. The highest BCUT2D eigenvalue weighted by Crippen LogP contribution is 2.11. The van der Waals surface area contributed by atoms with Gasteiger partial charge in [0.25, 0.3) is 0 Å². The van der Waals surface area contributed by atoms with Gasteiger partial charge in [-0.15, -0.1) is 0 Å². The van der Waals surface area contributed by atoms with Crippen molar-refractivity contribution in [1.82, 2.24) is 9.97 Å². The first-order valence-corrected chi connectivity index (χ1v) is 3.74. The number of hydrogen-bond donors (Lipinski definition) is 2. The molecule has 1 rings (SSSR count). The summed E-state index contributed by atoms with van der Waals surface area (Å²) >= 11 is 11.1. The molecule has 0 saturated heterocycles. The highest BCUT2D eigenvalue weighted by Gasteiger charge is 2.06. The lowest BCUT2D eigenvalue weighted by molar-refractivity contribution is 1.31. The SMILES string of the molecule is C=C(Cl)N=C(Cl)c1[nH]cnc1N. The lowest BCUT2D eigenvalue weighted by atomic mass is 10.5. The van der Waals surface area contributed by atoms with Crippen LogP contribution in [0.5, 0.6) is 0 Å². The van der Waals surface area contributed by atoms with E-state index in [1.807, 2.05) is 0 Å². The standard InChI is InChI=1S/C6H6Cl2N4/c1-3(7)12-5(8)4-6(9)11-2-10-4/h2H,1,9H2,(H,10,11). The molecule has 0 radical (unpaired) electrons. The van der Waals surface area contributed by atoms with Gasteiger partial charge in [0.05, 0.1) is 6.33 Å². The summed E-state index contributed by atoms with van der Waals surface area (Å²) in [5.74, 6) is 0.279. The summed E-state index contributed by atoms with van der Waals surface area (Å²) in [5, 5.41) is 0.235. The molecule has 0 bridgehead atoms. The summed E-state index contributed by atoms with van der Waals surface area (Å²) in [5.41, 5.74) is 5.88. The lowest BCUT2D eigenvalue weighted by Crippen LogP contribution is -1.97. The Labute approximate surface area is 79.1 Å². The quantitative estimate of drug-likeness (QED) is 0.569. The third-order valence-corrected chi connectivity index (χ3v) is 1.45. The molecule has 0 saturated carbocycles. The second-order valence-electron chi connectivity index (χ2n) is 1.94. The van der Waals surface area contributed by atoms with Gasteiger partial charge in [0.1, 0.15) is 10.9 Å². The van der Waals surface area contributed by atoms with Crippen LogP contribution in [0, 0.1) is 0 Å². The minimum atomic E-state index is 0.0917. The molecule has 1 aromatic rings. The molecule has 0 aromatic carbocycles. The normalized spacial score (nSPS) is 11.7. The number of nitrogens with zero attached hydrogens (tertiary/aromatic N) is 2. The van der Waals surface area contributed by atoms with Crippen LogP contribution in [0.4, 0.5) is 5.82 Å². The third kappa shape index (κ3) is 1.99. The van der Waals surface area contributed by atoms with Crippen LogP contribution in [0.1, 0.15) is 5.69 Å². The fourth-order valence-electron chi connectivity index (χ4n) is 0.633. The average Bonchev–Trinajstić information content (AvgIpc) is 2.33. The molecule has 64 valence electrons. The molecule has 0 aliphatic rings. The molecule has 0 fully saturated rings. The zero-order valence-electron chi connectivity index (χ0n) is 6.01. The number of hydrogen-bond acceptors (Lipinski definition) is 3. The molecular weight excluding hydrogens is 199 g/mol. The van der Waals surface area contributed by atoms with E-state index < -0.39 is 0 Å². The maximum Gasteiger partial charge on any atom is 0.158 e. The largest absolute Gasteiger partial charge is 0.382 e. The van der Waals surface area contributed by atoms with Gasteiger partial charge < -0.3 is 10.7 Å². The number of aromatic amines is 1. The molecule has 0 spiro atoms. The number of nitrogens with two attached hydrogens (primary N) is 1. The average molecular weight is 205 g/mol. The molecule has 0 atom stereocenters. The topological polar surface area (TPSA) is 67.1 Å². The summed E-state index contributed by atoms with van der Waals surface area (Å²) in [6.45, 7) is 3.35. The Morgan fingerprint density at radius 2 is 2.33 bits per heavy atom. The Morgan fingerprint density at radius 1 is 1.67 bits per heavy atom. The number of nitrogens with one attached hydrogen (secondary N) is 1. The summed E-state index contributed by atoms with van der Waals surface area (Å²) in [6, 6.07) is 0. The number of anilines is 1. The van der Waals surface area contributed by atoms with Gasteiger partial charge in [-0.05, 0) is 0 Å². The van der Waals surface area contributed by atoms with Crippen molar-refractivity contribution in [2.75, 3.05) is 5.73 Å². The monoisotopic (exact) mass is 204 g/mol. The molecule has 0 aliphatic heterocycles. The summed E-state index contributed by atoms with van der Waals surface area (Å²) in [4.78, 5) is 10.1. The summed E-state index contributed by atoms with van der Waals surface area (Å²) in [7, 11) is 0. The zero-order valence-corrected chi connectivity index (χ0v) is 7.52. The van der Waals surface area contributed by atoms with Crippen molar-refractivity contribution >= 4 is 34.2 Å². The van der Waals surface area contributed by atoms with E-state index in [9.17, 15) is 0 Å². The smallest absolute Gasteiger partial charge is 0.158 e. The summed E-state index contributed by atoms with van der Waals surface area (Å²) < 4.78 is 0. The van der Waals surface area contributed by atoms with Crippen molar-refractivity contribution in [3.05, 3.63) is 23.8 Å². The van der Waals surface area contributed by atoms with Crippen molar-refractivity contribution in [3.8, 4) is 0 Å². The minimum absolute atomic E-state index is 0.0917. The van der Waals surface area contributed by atoms with E-state index in [2.05, 4.69) is 21.5 Å². The van der Waals surface area contributed by atoms with E-state index in [1.165, 1.54) is 6.33 Å². The van der Waals surface area contributed by atoms with E-state index in [0.717, 1.165) is 0 Å². The van der Waals surface area contributed by atoms with Crippen LogP contribution in [0.2, 0.25) is 0 Å². The van der Waals surface area contributed by atoms with Crippen molar-refractivity contribution in [2.24, 2.45) is 4.99 Å². The Balaban J connectivity index is 2.99. The van der Waals surface area contributed by atoms with Gasteiger partial charge in [0.2, 0.25) is 0 Å². The number of H-pyrrole nitrogens is 1. The minimum Gasteiger partial charge on any atom is -0.382 e. The van der Waals surface area contributed by atoms with E-state index in [1.54, 1.807) is 0 Å². The number of halogens is 2. The maximum absolute atomic E-state index is 5.70. The molecule has 1 heterocycles. The van der Waals surface area contributed by atoms with Crippen molar-refractivity contribution in [3.63, 3.8) is 0 Å². The fourth-order valence-corrected chi connectivity index (χ4v) is 1.01. The Morgan fingerprint density at radius 3 is 2.75 bits per heavy atom. The Bertz CT molecular complexity index is 328. The van der Waals surface area contributed by atoms with Gasteiger partial charge in [-0.3, -0.25) is 0 Å². The van der Waals surface area contributed by atoms with Crippen LogP contribution in [-0.4, -0.2) is 15.1 Å². The van der Waals surface area contributed by atoms with E-state index in [0.29, 0.717) is 5.69 Å². The molecule has 6 heteroatoms. The van der Waals surface area contributed by atoms with Crippen molar-refractivity contribution in [2.45, 2.75) is 0 Å². The molecule has 4 nitrogen and oxygen atoms in total. The van der Waals surface area contributed by atoms with Crippen LogP contribution in [-0.2, 0) is 0 Å². The van der Waals surface area contributed by atoms with Crippen molar-refractivity contribution < 1.29 is 0 Å². The third-order valence-electron chi connectivity index (χ3n) is 1.09. The first-order chi connectivity index (χ1) is 5.61. The predicted molar refractivity (Wildman–Crippen MR) is 50.4 cm³/mol. The first kappa shape index (κ1) is 9.09. The Kier molecular flexibility index (Phi) is 2.73. The van der Waals surface area contributed by atoms with Crippen LogP contribution >= 0.6 is 23.2 Å². The van der Waals surface area contributed by atoms with E-state index in [-0.39, 0.29) is 16.1 Å². The molecule has 0 unspecified atom stereocenters. The van der Waals surface area contributed by atoms with Gasteiger partial charge in [-0.25, -0.2) is 9.98 Å². The molecular formula is C6H6Cl2N4. The van der Waals surface area contributed by atoms with E-state index >= 15 is 0 Å².